The second-order valence-electron chi connectivity index (χ2n) is 4.42. The average molecular weight is 257 g/mol. The van der Waals surface area contributed by atoms with E-state index < -0.39 is 0 Å². The van der Waals surface area contributed by atoms with Crippen LogP contribution in [0, 0.1) is 0 Å². The zero-order chi connectivity index (χ0) is 12.5. The van der Waals surface area contributed by atoms with Crippen molar-refractivity contribution in [2.45, 2.75) is 51.0 Å². The molecule has 0 saturated carbocycles. The molecule has 0 aliphatic carbocycles. The van der Waals surface area contributed by atoms with Gasteiger partial charge in [0.25, 0.3) is 0 Å². The van der Waals surface area contributed by atoms with Crippen molar-refractivity contribution in [3.8, 4) is 0 Å². The van der Waals surface area contributed by atoms with Crippen LogP contribution in [0.2, 0.25) is 0 Å². The van der Waals surface area contributed by atoms with Crippen molar-refractivity contribution < 1.29 is 9.59 Å². The van der Waals surface area contributed by atoms with Gasteiger partial charge in [-0.15, -0.1) is 6.54 Å². The monoisotopic (exact) mass is 257 g/mol. The van der Waals surface area contributed by atoms with Gasteiger partial charge in [0, 0.05) is 25.0 Å². The molecule has 1 fully saturated rings. The second kappa shape index (κ2) is 8.66. The maximum absolute atomic E-state index is 11.8. The van der Waals surface area contributed by atoms with E-state index in [0.717, 1.165) is 19.3 Å². The summed E-state index contributed by atoms with van der Waals surface area (Å²) in [4.78, 5) is 23.2. The standard InChI is InChI=1S/C12H21N2O2S/c15-10-5-2-1-3-8-13-14-11(9-17)12(16)7-4-6-10/h11,14,17H,1-9H2/q-1/t11-/m1/s1. The molecule has 1 rings (SSSR count). The average Bonchev–Trinajstić information content (AvgIpc) is 2.33. The van der Waals surface area contributed by atoms with Crippen molar-refractivity contribution in [2.24, 2.45) is 0 Å². The molecule has 0 aromatic heterocycles. The summed E-state index contributed by atoms with van der Waals surface area (Å²) in [6.45, 7) is 0.700. The third-order valence-electron chi connectivity index (χ3n) is 2.92. The van der Waals surface area contributed by atoms with Gasteiger partial charge in [0.2, 0.25) is 0 Å². The first-order valence-electron chi connectivity index (χ1n) is 6.31. The highest BCUT2D eigenvalue weighted by Crippen LogP contribution is 2.09. The van der Waals surface area contributed by atoms with Crippen LogP contribution in [0.4, 0.5) is 0 Å². The Bertz CT molecular complexity index is 259. The molecule has 0 radical (unpaired) electrons. The van der Waals surface area contributed by atoms with Crippen molar-refractivity contribution in [3.05, 3.63) is 5.43 Å². The Kier molecular flexibility index (Phi) is 7.48. The van der Waals surface area contributed by atoms with Gasteiger partial charge in [-0.25, -0.2) is 0 Å². The molecule has 1 atom stereocenters. The fourth-order valence-electron chi connectivity index (χ4n) is 1.84. The molecule has 0 aromatic carbocycles. The molecule has 0 aromatic rings. The molecule has 4 nitrogen and oxygen atoms in total. The van der Waals surface area contributed by atoms with Crippen LogP contribution in [0.15, 0.2) is 0 Å². The summed E-state index contributed by atoms with van der Waals surface area (Å²) >= 11 is 4.14. The van der Waals surface area contributed by atoms with Gasteiger partial charge in [0.15, 0.2) is 0 Å². The lowest BCUT2D eigenvalue weighted by Crippen LogP contribution is -2.36. The maximum Gasteiger partial charge on any atom is 0.149 e. The Balaban J connectivity index is 2.44. The molecule has 0 unspecified atom stereocenters. The van der Waals surface area contributed by atoms with Crippen molar-refractivity contribution >= 4 is 24.2 Å². The number of carbonyl (C=O) groups excluding carboxylic acids is 2. The highest BCUT2D eigenvalue weighted by atomic mass is 32.1. The first-order valence-corrected chi connectivity index (χ1v) is 6.94. The molecular formula is C12H21N2O2S-. The molecule has 17 heavy (non-hydrogen) atoms. The first-order chi connectivity index (χ1) is 8.24. The van der Waals surface area contributed by atoms with E-state index in [-0.39, 0.29) is 17.6 Å². The van der Waals surface area contributed by atoms with Gasteiger partial charge in [0.05, 0.1) is 6.04 Å². The van der Waals surface area contributed by atoms with E-state index in [1.807, 2.05) is 0 Å². The van der Waals surface area contributed by atoms with Crippen LogP contribution in [0.1, 0.15) is 44.9 Å². The topological polar surface area (TPSA) is 60.3 Å². The van der Waals surface area contributed by atoms with E-state index in [2.05, 4.69) is 23.5 Å². The van der Waals surface area contributed by atoms with Crippen LogP contribution in [0.25, 0.3) is 5.43 Å². The van der Waals surface area contributed by atoms with Crippen LogP contribution >= 0.6 is 12.6 Å². The number of nitrogens with zero attached hydrogens (tertiary/aromatic N) is 1. The van der Waals surface area contributed by atoms with Crippen LogP contribution in [-0.2, 0) is 9.59 Å². The number of Topliss-reactive ketones (excluding diaryl/α,β-unsaturated/α-hetero) is 2. The molecule has 0 spiro atoms. The molecule has 1 N–H and O–H groups in total. The Morgan fingerprint density at radius 3 is 2.65 bits per heavy atom. The molecule has 0 bridgehead atoms. The lowest BCUT2D eigenvalue weighted by Gasteiger charge is -2.27. The molecule has 0 amide bonds. The normalized spacial score (nSPS) is 25.8. The second-order valence-corrected chi connectivity index (χ2v) is 4.78. The van der Waals surface area contributed by atoms with Gasteiger partial charge in [-0.2, -0.15) is 12.6 Å². The largest absolute Gasteiger partial charge is 0.597 e. The van der Waals surface area contributed by atoms with E-state index in [4.69, 9.17) is 0 Å². The molecule has 1 aliphatic heterocycles. The van der Waals surface area contributed by atoms with Gasteiger partial charge in [-0.1, -0.05) is 12.8 Å². The van der Waals surface area contributed by atoms with Gasteiger partial charge in [-0.3, -0.25) is 9.59 Å². The third-order valence-corrected chi connectivity index (χ3v) is 3.29. The van der Waals surface area contributed by atoms with E-state index in [9.17, 15) is 9.59 Å². The summed E-state index contributed by atoms with van der Waals surface area (Å²) in [5.74, 6) is 0.844. The van der Waals surface area contributed by atoms with Crippen molar-refractivity contribution in [1.82, 2.24) is 5.43 Å². The lowest BCUT2D eigenvalue weighted by atomic mass is 10.0. The minimum Gasteiger partial charge on any atom is -0.597 e. The van der Waals surface area contributed by atoms with Crippen molar-refractivity contribution in [1.29, 1.82) is 0 Å². The van der Waals surface area contributed by atoms with E-state index >= 15 is 0 Å². The quantitative estimate of drug-likeness (QED) is 0.707. The number of thiol groups is 1. The summed E-state index contributed by atoms with van der Waals surface area (Å²) in [7, 11) is 0. The number of carbonyl (C=O) groups is 2. The van der Waals surface area contributed by atoms with Crippen LogP contribution in [0.5, 0.6) is 0 Å². The Hall–Kier alpha value is -0.390. The molecule has 5 heteroatoms. The third kappa shape index (κ3) is 6.19. The summed E-state index contributed by atoms with van der Waals surface area (Å²) in [6.07, 6.45) is 5.21. The van der Waals surface area contributed by atoms with Gasteiger partial charge in [0.1, 0.15) is 11.6 Å². The molecular weight excluding hydrogens is 236 g/mol. The SMILES string of the molecule is O=C1CCCCC[N-]N[C@H](CS)C(=O)CCC1. The van der Waals surface area contributed by atoms with Crippen LogP contribution in [0.3, 0.4) is 0 Å². The number of hydrogen-bond acceptors (Lipinski definition) is 4. The van der Waals surface area contributed by atoms with Crippen molar-refractivity contribution in [2.75, 3.05) is 12.3 Å². The molecule has 1 aliphatic rings. The smallest absolute Gasteiger partial charge is 0.149 e. The zero-order valence-corrected chi connectivity index (χ0v) is 11.0. The fraction of sp³-hybridized carbons (Fsp3) is 0.833. The maximum atomic E-state index is 11.8. The van der Waals surface area contributed by atoms with Gasteiger partial charge in [-0.05, 0) is 12.8 Å². The van der Waals surface area contributed by atoms with Gasteiger partial charge < -0.3 is 10.9 Å². The number of ketones is 2. The van der Waals surface area contributed by atoms with Crippen LogP contribution in [-0.4, -0.2) is 29.9 Å². The summed E-state index contributed by atoms with van der Waals surface area (Å²) in [5, 5.41) is 0. The first kappa shape index (κ1) is 14.7. The Morgan fingerprint density at radius 1 is 1.12 bits per heavy atom. The van der Waals surface area contributed by atoms with Crippen LogP contribution < -0.4 is 5.43 Å². The van der Waals surface area contributed by atoms with Gasteiger partial charge >= 0.3 is 0 Å². The summed E-state index contributed by atoms with van der Waals surface area (Å²) in [5.41, 5.74) is 7.04. The van der Waals surface area contributed by atoms with E-state index in [1.54, 1.807) is 0 Å². The Labute approximate surface area is 108 Å². The predicted molar refractivity (Wildman–Crippen MR) is 71.3 cm³/mol. The number of hydrogen-bond donors (Lipinski definition) is 2. The lowest BCUT2D eigenvalue weighted by molar-refractivity contribution is -0.121. The van der Waals surface area contributed by atoms with E-state index in [1.165, 1.54) is 0 Å². The molecule has 1 saturated heterocycles. The summed E-state index contributed by atoms with van der Waals surface area (Å²) < 4.78 is 0. The predicted octanol–water partition coefficient (Wildman–Crippen LogP) is 2.05. The summed E-state index contributed by atoms with van der Waals surface area (Å²) in [6, 6.07) is -0.297. The van der Waals surface area contributed by atoms with Crippen molar-refractivity contribution in [3.63, 3.8) is 0 Å². The zero-order valence-electron chi connectivity index (χ0n) is 10.2. The highest BCUT2D eigenvalue weighted by molar-refractivity contribution is 7.80. The minimum absolute atomic E-state index is 0.107. The van der Waals surface area contributed by atoms with E-state index in [0.29, 0.717) is 38.0 Å². The molecule has 98 valence electrons. The highest BCUT2D eigenvalue weighted by Gasteiger charge is 2.13. The number of nitrogens with one attached hydrogen (secondary N) is 1. The molecule has 1 heterocycles. The number of rotatable bonds is 1. The Morgan fingerprint density at radius 2 is 1.88 bits per heavy atom. The fourth-order valence-corrected chi connectivity index (χ4v) is 2.12. The minimum atomic E-state index is -0.297.